The molecular formula is C17H24F2N4O3. The molecule has 0 unspecified atom stereocenters. The predicted molar refractivity (Wildman–Crippen MR) is 88.6 cm³/mol. The van der Waals surface area contributed by atoms with Crippen LogP contribution < -0.4 is 0 Å². The maximum absolute atomic E-state index is 13.3. The molecule has 3 rings (SSSR count). The molecule has 0 aliphatic carbocycles. The van der Waals surface area contributed by atoms with Crippen molar-refractivity contribution >= 4 is 11.8 Å². The second-order valence-corrected chi connectivity index (χ2v) is 6.77. The van der Waals surface area contributed by atoms with E-state index in [1.54, 1.807) is 15.8 Å². The molecule has 2 amide bonds. The van der Waals surface area contributed by atoms with E-state index in [4.69, 9.17) is 4.74 Å². The van der Waals surface area contributed by atoms with Gasteiger partial charge in [0, 0.05) is 45.3 Å². The summed E-state index contributed by atoms with van der Waals surface area (Å²) in [6.07, 6.45) is 1.19. The first-order chi connectivity index (χ1) is 12.4. The number of halogens is 2. The molecule has 0 radical (unpaired) electrons. The molecule has 1 aromatic rings. The fourth-order valence-electron chi connectivity index (χ4n) is 3.42. The van der Waals surface area contributed by atoms with Crippen LogP contribution in [-0.4, -0.2) is 70.2 Å². The van der Waals surface area contributed by atoms with E-state index < -0.39 is 5.92 Å². The van der Waals surface area contributed by atoms with Crippen molar-refractivity contribution in [1.82, 2.24) is 19.6 Å². The van der Waals surface area contributed by atoms with Crippen molar-refractivity contribution < 1.29 is 23.1 Å². The Morgan fingerprint density at radius 2 is 2.00 bits per heavy atom. The van der Waals surface area contributed by atoms with E-state index in [2.05, 4.69) is 5.10 Å². The Labute approximate surface area is 150 Å². The highest BCUT2D eigenvalue weighted by Crippen LogP contribution is 2.29. The van der Waals surface area contributed by atoms with Crippen molar-refractivity contribution in [2.24, 2.45) is 0 Å². The first kappa shape index (κ1) is 18.8. The van der Waals surface area contributed by atoms with Gasteiger partial charge in [0.25, 0.3) is 5.92 Å². The fourth-order valence-corrected chi connectivity index (χ4v) is 3.42. The van der Waals surface area contributed by atoms with Gasteiger partial charge in [-0.1, -0.05) is 0 Å². The zero-order valence-electron chi connectivity index (χ0n) is 14.9. The Bertz CT molecular complexity index is 654. The van der Waals surface area contributed by atoms with E-state index in [1.165, 1.54) is 4.90 Å². The molecule has 3 heterocycles. The SMILES string of the molecule is CCOCC(=O)N1Cc2ccnn2[C@@H](CC(=O)N2CCC(F)(F)CC2)C1. The van der Waals surface area contributed by atoms with E-state index in [0.717, 1.165) is 5.69 Å². The number of alkyl halides is 2. The lowest BCUT2D eigenvalue weighted by Crippen LogP contribution is -2.46. The zero-order chi connectivity index (χ0) is 18.7. The van der Waals surface area contributed by atoms with Gasteiger partial charge in [0.1, 0.15) is 6.61 Å². The van der Waals surface area contributed by atoms with E-state index in [-0.39, 0.29) is 56.8 Å². The summed E-state index contributed by atoms with van der Waals surface area (Å²) in [5.74, 6) is -2.99. The van der Waals surface area contributed by atoms with Crippen LogP contribution in [0.4, 0.5) is 8.78 Å². The summed E-state index contributed by atoms with van der Waals surface area (Å²) < 4.78 is 33.5. The number of fused-ring (bicyclic) bond motifs is 1. The molecule has 9 heteroatoms. The van der Waals surface area contributed by atoms with Crippen LogP contribution in [-0.2, 0) is 20.9 Å². The van der Waals surface area contributed by atoms with Crippen LogP contribution >= 0.6 is 0 Å². The third-order valence-corrected chi connectivity index (χ3v) is 4.92. The molecule has 0 spiro atoms. The standard InChI is InChI=1S/C17H24F2N4O3/c1-2-26-12-16(25)22-10-13-3-6-20-23(13)14(11-22)9-15(24)21-7-4-17(18,19)5-8-21/h3,6,14H,2,4-5,7-12H2,1H3/t14-/m0/s1. The van der Waals surface area contributed by atoms with E-state index in [9.17, 15) is 18.4 Å². The topological polar surface area (TPSA) is 67.7 Å². The number of nitrogens with zero attached hydrogens (tertiary/aromatic N) is 4. The summed E-state index contributed by atoms with van der Waals surface area (Å²) in [5, 5.41) is 4.27. The largest absolute Gasteiger partial charge is 0.372 e. The summed E-state index contributed by atoms with van der Waals surface area (Å²) in [5.41, 5.74) is 0.851. The molecule has 2 aliphatic heterocycles. The second kappa shape index (κ2) is 7.69. The summed E-state index contributed by atoms with van der Waals surface area (Å²) in [7, 11) is 0. The highest BCUT2D eigenvalue weighted by atomic mass is 19.3. The van der Waals surface area contributed by atoms with Crippen LogP contribution in [0.1, 0.15) is 37.9 Å². The fraction of sp³-hybridized carbons (Fsp3) is 0.706. The third-order valence-electron chi connectivity index (χ3n) is 4.92. The van der Waals surface area contributed by atoms with Gasteiger partial charge < -0.3 is 14.5 Å². The molecule has 0 saturated carbocycles. The average molecular weight is 370 g/mol. The summed E-state index contributed by atoms with van der Waals surface area (Å²) in [4.78, 5) is 28.0. The van der Waals surface area contributed by atoms with Crippen LogP contribution in [0.25, 0.3) is 0 Å². The van der Waals surface area contributed by atoms with Gasteiger partial charge >= 0.3 is 0 Å². The number of amides is 2. The molecule has 2 aliphatic rings. The summed E-state index contributed by atoms with van der Waals surface area (Å²) in [6, 6.07) is 1.52. The van der Waals surface area contributed by atoms with Gasteiger partial charge in [-0.05, 0) is 13.0 Å². The minimum Gasteiger partial charge on any atom is -0.372 e. The highest BCUT2D eigenvalue weighted by Gasteiger charge is 2.37. The van der Waals surface area contributed by atoms with E-state index in [1.807, 2.05) is 13.0 Å². The molecule has 0 aromatic carbocycles. The number of carbonyl (C=O) groups excluding carboxylic acids is 2. The molecule has 1 aromatic heterocycles. The minimum absolute atomic E-state index is 0.00646. The number of aromatic nitrogens is 2. The van der Waals surface area contributed by atoms with Gasteiger partial charge in [-0.15, -0.1) is 0 Å². The normalized spacial score (nSPS) is 22.2. The Kier molecular flexibility index (Phi) is 5.55. The molecule has 0 bridgehead atoms. The van der Waals surface area contributed by atoms with Gasteiger partial charge in [-0.25, -0.2) is 8.78 Å². The Morgan fingerprint density at radius 3 is 2.69 bits per heavy atom. The van der Waals surface area contributed by atoms with Crippen molar-refractivity contribution in [2.45, 2.75) is 44.7 Å². The number of rotatable bonds is 5. The van der Waals surface area contributed by atoms with Gasteiger partial charge in [-0.2, -0.15) is 5.10 Å². The van der Waals surface area contributed by atoms with Crippen molar-refractivity contribution in [3.8, 4) is 0 Å². The lowest BCUT2D eigenvalue weighted by Gasteiger charge is -2.36. The van der Waals surface area contributed by atoms with Crippen LogP contribution in [0.2, 0.25) is 0 Å². The molecular weight excluding hydrogens is 346 g/mol. The van der Waals surface area contributed by atoms with Crippen molar-refractivity contribution in [2.75, 3.05) is 32.8 Å². The number of hydrogen-bond donors (Lipinski definition) is 0. The van der Waals surface area contributed by atoms with E-state index >= 15 is 0 Å². The maximum Gasteiger partial charge on any atom is 0.251 e. The molecule has 7 nitrogen and oxygen atoms in total. The molecule has 1 saturated heterocycles. The Morgan fingerprint density at radius 1 is 1.27 bits per heavy atom. The summed E-state index contributed by atoms with van der Waals surface area (Å²) in [6.45, 7) is 3.20. The molecule has 0 N–H and O–H groups in total. The van der Waals surface area contributed by atoms with Gasteiger partial charge in [0.15, 0.2) is 0 Å². The molecule has 1 atom stereocenters. The van der Waals surface area contributed by atoms with Crippen molar-refractivity contribution in [1.29, 1.82) is 0 Å². The van der Waals surface area contributed by atoms with Crippen LogP contribution in [0.3, 0.4) is 0 Å². The maximum atomic E-state index is 13.3. The molecule has 144 valence electrons. The number of piperidine rings is 1. The minimum atomic E-state index is -2.68. The monoisotopic (exact) mass is 370 g/mol. The lowest BCUT2D eigenvalue weighted by molar-refractivity contribution is -0.142. The Balaban J connectivity index is 1.65. The van der Waals surface area contributed by atoms with Crippen LogP contribution in [0.5, 0.6) is 0 Å². The number of hydrogen-bond acceptors (Lipinski definition) is 4. The van der Waals surface area contributed by atoms with Crippen LogP contribution in [0.15, 0.2) is 12.3 Å². The number of likely N-dealkylation sites (tertiary alicyclic amines) is 1. The second-order valence-electron chi connectivity index (χ2n) is 6.77. The summed E-state index contributed by atoms with van der Waals surface area (Å²) >= 11 is 0. The molecule has 1 fully saturated rings. The smallest absolute Gasteiger partial charge is 0.251 e. The first-order valence-corrected chi connectivity index (χ1v) is 8.93. The van der Waals surface area contributed by atoms with Gasteiger partial charge in [0.05, 0.1) is 24.7 Å². The zero-order valence-corrected chi connectivity index (χ0v) is 14.9. The van der Waals surface area contributed by atoms with Crippen LogP contribution in [0, 0.1) is 0 Å². The van der Waals surface area contributed by atoms with E-state index in [0.29, 0.717) is 19.7 Å². The Hall–Kier alpha value is -2.03. The van der Waals surface area contributed by atoms with Crippen molar-refractivity contribution in [3.63, 3.8) is 0 Å². The highest BCUT2D eigenvalue weighted by molar-refractivity contribution is 5.79. The average Bonchev–Trinajstić information content (AvgIpc) is 3.08. The lowest BCUT2D eigenvalue weighted by atomic mass is 10.0. The number of carbonyl (C=O) groups is 2. The number of ether oxygens (including phenoxy) is 1. The van der Waals surface area contributed by atoms with Gasteiger partial charge in [-0.3, -0.25) is 14.3 Å². The predicted octanol–water partition coefficient (Wildman–Crippen LogP) is 1.45. The third kappa shape index (κ3) is 4.20. The first-order valence-electron chi connectivity index (χ1n) is 8.93. The molecule has 26 heavy (non-hydrogen) atoms. The van der Waals surface area contributed by atoms with Gasteiger partial charge in [0.2, 0.25) is 11.8 Å². The quantitative estimate of drug-likeness (QED) is 0.787. The van der Waals surface area contributed by atoms with Crippen molar-refractivity contribution in [3.05, 3.63) is 18.0 Å².